The van der Waals surface area contributed by atoms with E-state index in [-0.39, 0.29) is 11.9 Å². The van der Waals surface area contributed by atoms with Crippen molar-refractivity contribution in [2.75, 3.05) is 0 Å². The molecule has 1 fully saturated rings. The van der Waals surface area contributed by atoms with Crippen molar-refractivity contribution in [1.29, 1.82) is 0 Å². The van der Waals surface area contributed by atoms with E-state index < -0.39 is 6.10 Å². The minimum Gasteiger partial charge on any atom is -0.487 e. The largest absolute Gasteiger partial charge is 0.487 e. The molecule has 98 valence electrons. The first kappa shape index (κ1) is 13.6. The maximum absolute atomic E-state index is 11.6. The second-order valence-corrected chi connectivity index (χ2v) is 5.62. The third kappa shape index (κ3) is 3.12. The first-order valence-corrected chi connectivity index (χ1v) is 7.02. The number of carbonyl (C=O) groups excluding carboxylic acids is 1. The van der Waals surface area contributed by atoms with Gasteiger partial charge in [-0.3, -0.25) is 4.79 Å². The predicted molar refractivity (Wildman–Crippen MR) is 73.0 cm³/mol. The van der Waals surface area contributed by atoms with E-state index in [0.717, 1.165) is 30.2 Å². The summed E-state index contributed by atoms with van der Waals surface area (Å²) in [5.41, 5.74) is 0.558. The van der Waals surface area contributed by atoms with Gasteiger partial charge in [0.15, 0.2) is 5.78 Å². The molecule has 0 aliphatic heterocycles. The molecule has 0 amide bonds. The van der Waals surface area contributed by atoms with Gasteiger partial charge in [-0.2, -0.15) is 0 Å². The van der Waals surface area contributed by atoms with Gasteiger partial charge in [0.25, 0.3) is 0 Å². The van der Waals surface area contributed by atoms with Gasteiger partial charge in [0.2, 0.25) is 0 Å². The Morgan fingerprint density at radius 3 is 2.78 bits per heavy atom. The highest BCUT2D eigenvalue weighted by Gasteiger charge is 2.25. The molecule has 2 rings (SSSR count). The lowest BCUT2D eigenvalue weighted by Gasteiger charge is -2.28. The highest BCUT2D eigenvalue weighted by atomic mass is 79.9. The lowest BCUT2D eigenvalue weighted by molar-refractivity contribution is 0.00647. The molecule has 1 aliphatic carbocycles. The number of ketones is 1. The zero-order valence-corrected chi connectivity index (χ0v) is 11.9. The summed E-state index contributed by atoms with van der Waals surface area (Å²) in [7, 11) is 0. The number of aliphatic hydroxyl groups is 1. The van der Waals surface area contributed by atoms with Crippen LogP contribution in [0.2, 0.25) is 0 Å². The van der Waals surface area contributed by atoms with Crippen molar-refractivity contribution in [3.05, 3.63) is 28.2 Å². The van der Waals surface area contributed by atoms with Gasteiger partial charge in [0.1, 0.15) is 11.9 Å². The standard InChI is InChI=1S/C14H17BrO3/c1-9(16)11-8-10(15)6-7-13(11)18-14-5-3-2-4-12(14)17/h6-8,12,14,17H,2-5H2,1H3. The van der Waals surface area contributed by atoms with Crippen LogP contribution < -0.4 is 4.74 Å². The van der Waals surface area contributed by atoms with Crippen LogP contribution in [-0.2, 0) is 0 Å². The fourth-order valence-corrected chi connectivity index (χ4v) is 2.62. The molecule has 2 unspecified atom stereocenters. The van der Waals surface area contributed by atoms with Gasteiger partial charge in [-0.25, -0.2) is 0 Å². The van der Waals surface area contributed by atoms with Crippen LogP contribution in [0.4, 0.5) is 0 Å². The number of Topliss-reactive ketones (excluding diaryl/α,β-unsaturated/α-hetero) is 1. The maximum Gasteiger partial charge on any atom is 0.163 e. The molecular formula is C14H17BrO3. The van der Waals surface area contributed by atoms with Crippen molar-refractivity contribution < 1.29 is 14.6 Å². The monoisotopic (exact) mass is 312 g/mol. The van der Waals surface area contributed by atoms with Crippen LogP contribution in [0.1, 0.15) is 43.0 Å². The summed E-state index contributed by atoms with van der Waals surface area (Å²) < 4.78 is 6.67. The minimum absolute atomic E-state index is 0.0309. The van der Waals surface area contributed by atoms with Crippen molar-refractivity contribution in [3.8, 4) is 5.75 Å². The van der Waals surface area contributed by atoms with Crippen LogP contribution in [0.25, 0.3) is 0 Å². The normalized spacial score (nSPS) is 23.7. The molecular weight excluding hydrogens is 296 g/mol. The molecule has 0 bridgehead atoms. The van der Waals surface area contributed by atoms with Crippen LogP contribution in [0.3, 0.4) is 0 Å². The average molecular weight is 313 g/mol. The number of ether oxygens (including phenoxy) is 1. The van der Waals surface area contributed by atoms with Crippen LogP contribution in [0, 0.1) is 0 Å². The number of carbonyl (C=O) groups is 1. The number of halogens is 1. The van der Waals surface area contributed by atoms with Crippen molar-refractivity contribution >= 4 is 21.7 Å². The quantitative estimate of drug-likeness (QED) is 0.871. The SMILES string of the molecule is CC(=O)c1cc(Br)ccc1OC1CCCCC1O. The number of benzene rings is 1. The Balaban J connectivity index is 2.20. The number of hydrogen-bond donors (Lipinski definition) is 1. The van der Waals surface area contributed by atoms with Crippen molar-refractivity contribution in [2.45, 2.75) is 44.8 Å². The van der Waals surface area contributed by atoms with Crippen molar-refractivity contribution in [3.63, 3.8) is 0 Å². The Labute approximate surface area is 115 Å². The van der Waals surface area contributed by atoms with Crippen LogP contribution in [0.15, 0.2) is 22.7 Å². The fourth-order valence-electron chi connectivity index (χ4n) is 2.26. The molecule has 1 N–H and O–H groups in total. The molecule has 4 heteroatoms. The summed E-state index contributed by atoms with van der Waals surface area (Å²) in [6.45, 7) is 1.52. The van der Waals surface area contributed by atoms with Gasteiger partial charge < -0.3 is 9.84 Å². The van der Waals surface area contributed by atoms with E-state index >= 15 is 0 Å². The summed E-state index contributed by atoms with van der Waals surface area (Å²) in [5, 5.41) is 9.90. The van der Waals surface area contributed by atoms with Gasteiger partial charge in [-0.1, -0.05) is 22.4 Å². The molecule has 0 spiro atoms. The molecule has 0 saturated heterocycles. The Morgan fingerprint density at radius 2 is 2.11 bits per heavy atom. The van der Waals surface area contributed by atoms with Gasteiger partial charge in [0.05, 0.1) is 11.7 Å². The first-order chi connectivity index (χ1) is 8.58. The maximum atomic E-state index is 11.6. The van der Waals surface area contributed by atoms with E-state index in [1.54, 1.807) is 12.1 Å². The van der Waals surface area contributed by atoms with Gasteiger partial charge >= 0.3 is 0 Å². The lowest BCUT2D eigenvalue weighted by atomic mass is 9.94. The third-order valence-corrected chi connectivity index (χ3v) is 3.76. The molecule has 3 nitrogen and oxygen atoms in total. The highest BCUT2D eigenvalue weighted by molar-refractivity contribution is 9.10. The zero-order valence-electron chi connectivity index (χ0n) is 10.4. The second-order valence-electron chi connectivity index (χ2n) is 4.70. The first-order valence-electron chi connectivity index (χ1n) is 6.23. The number of aliphatic hydroxyl groups excluding tert-OH is 1. The van der Waals surface area contributed by atoms with Crippen LogP contribution >= 0.6 is 15.9 Å². The van der Waals surface area contributed by atoms with Crippen LogP contribution in [-0.4, -0.2) is 23.1 Å². The third-order valence-electron chi connectivity index (χ3n) is 3.27. The topological polar surface area (TPSA) is 46.5 Å². The van der Waals surface area contributed by atoms with Crippen molar-refractivity contribution in [2.24, 2.45) is 0 Å². The number of hydrogen-bond acceptors (Lipinski definition) is 3. The zero-order chi connectivity index (χ0) is 13.1. The molecule has 1 aromatic carbocycles. The Hall–Kier alpha value is -0.870. The smallest absolute Gasteiger partial charge is 0.163 e. The van der Waals surface area contributed by atoms with Crippen molar-refractivity contribution in [1.82, 2.24) is 0 Å². The predicted octanol–water partition coefficient (Wildman–Crippen LogP) is 3.33. The van der Waals surface area contributed by atoms with E-state index in [1.165, 1.54) is 6.92 Å². The van der Waals surface area contributed by atoms with E-state index in [2.05, 4.69) is 15.9 Å². The summed E-state index contributed by atoms with van der Waals surface area (Å²) in [5.74, 6) is 0.535. The lowest BCUT2D eigenvalue weighted by Crippen LogP contribution is -2.34. The second kappa shape index (κ2) is 5.85. The van der Waals surface area contributed by atoms with E-state index in [1.807, 2.05) is 6.07 Å². The average Bonchev–Trinajstić information content (AvgIpc) is 2.34. The van der Waals surface area contributed by atoms with Crippen LogP contribution in [0.5, 0.6) is 5.75 Å². The fraction of sp³-hybridized carbons (Fsp3) is 0.500. The summed E-state index contributed by atoms with van der Waals surface area (Å²) >= 11 is 3.34. The molecule has 0 aromatic heterocycles. The van der Waals surface area contributed by atoms with Gasteiger partial charge in [0, 0.05) is 4.47 Å². The molecule has 1 aromatic rings. The highest BCUT2D eigenvalue weighted by Crippen LogP contribution is 2.28. The Morgan fingerprint density at radius 1 is 1.39 bits per heavy atom. The van der Waals surface area contributed by atoms with E-state index in [0.29, 0.717) is 11.3 Å². The van der Waals surface area contributed by atoms with Gasteiger partial charge in [-0.05, 0) is 44.4 Å². The minimum atomic E-state index is -0.429. The summed E-state index contributed by atoms with van der Waals surface area (Å²) in [6.07, 6.45) is 3.10. The van der Waals surface area contributed by atoms with E-state index in [9.17, 15) is 9.90 Å². The van der Waals surface area contributed by atoms with E-state index in [4.69, 9.17) is 4.74 Å². The molecule has 0 heterocycles. The molecule has 1 aliphatic rings. The summed E-state index contributed by atoms with van der Waals surface area (Å²) in [6, 6.07) is 5.38. The molecule has 2 atom stereocenters. The molecule has 18 heavy (non-hydrogen) atoms. The Kier molecular flexibility index (Phi) is 4.40. The molecule has 0 radical (unpaired) electrons. The van der Waals surface area contributed by atoms with Gasteiger partial charge in [-0.15, -0.1) is 0 Å². The molecule has 1 saturated carbocycles. The summed E-state index contributed by atoms with van der Waals surface area (Å²) in [4.78, 5) is 11.6. The number of rotatable bonds is 3. The Bertz CT molecular complexity index is 445.